The SMILES string of the molecule is Cc1ccc(Cn2nc3n(c2=O)[C@@H](C(=O)N2CCC(=O)C2)CCC3)cc1. The first kappa shape index (κ1) is 16.8. The summed E-state index contributed by atoms with van der Waals surface area (Å²) in [6.45, 7) is 3.03. The molecule has 0 bridgehead atoms. The van der Waals surface area contributed by atoms with Crippen LogP contribution in [0.5, 0.6) is 0 Å². The third kappa shape index (κ3) is 2.98. The first-order chi connectivity index (χ1) is 12.5. The second-order valence-corrected chi connectivity index (χ2v) is 7.17. The van der Waals surface area contributed by atoms with Crippen molar-refractivity contribution >= 4 is 11.7 Å². The number of aromatic nitrogens is 3. The molecule has 1 fully saturated rings. The summed E-state index contributed by atoms with van der Waals surface area (Å²) in [5.41, 5.74) is 1.92. The minimum Gasteiger partial charge on any atom is -0.333 e. The lowest BCUT2D eigenvalue weighted by Crippen LogP contribution is -2.41. The van der Waals surface area contributed by atoms with Gasteiger partial charge in [0.2, 0.25) is 5.91 Å². The van der Waals surface area contributed by atoms with Crippen molar-refractivity contribution in [1.82, 2.24) is 19.2 Å². The number of hydrogen-bond donors (Lipinski definition) is 0. The number of fused-ring (bicyclic) bond motifs is 1. The Morgan fingerprint density at radius 2 is 1.96 bits per heavy atom. The summed E-state index contributed by atoms with van der Waals surface area (Å²) in [4.78, 5) is 38.8. The molecule has 7 nitrogen and oxygen atoms in total. The Bertz CT molecular complexity index is 910. The monoisotopic (exact) mass is 354 g/mol. The minimum atomic E-state index is -0.538. The fourth-order valence-corrected chi connectivity index (χ4v) is 3.76. The summed E-state index contributed by atoms with van der Waals surface area (Å²) >= 11 is 0. The highest BCUT2D eigenvalue weighted by Crippen LogP contribution is 2.25. The maximum absolute atomic E-state index is 12.9. The molecule has 136 valence electrons. The van der Waals surface area contributed by atoms with Gasteiger partial charge in [-0.3, -0.25) is 14.2 Å². The van der Waals surface area contributed by atoms with Crippen LogP contribution in [0.15, 0.2) is 29.1 Å². The quantitative estimate of drug-likeness (QED) is 0.826. The Morgan fingerprint density at radius 3 is 2.65 bits per heavy atom. The lowest BCUT2D eigenvalue weighted by molar-refractivity contribution is -0.135. The van der Waals surface area contributed by atoms with E-state index in [1.807, 2.05) is 31.2 Å². The van der Waals surface area contributed by atoms with Crippen molar-refractivity contribution in [2.45, 2.75) is 45.2 Å². The highest BCUT2D eigenvalue weighted by molar-refractivity contribution is 5.90. The molecule has 26 heavy (non-hydrogen) atoms. The van der Waals surface area contributed by atoms with Gasteiger partial charge < -0.3 is 4.90 Å². The maximum Gasteiger partial charge on any atom is 0.346 e. The van der Waals surface area contributed by atoms with E-state index in [9.17, 15) is 14.4 Å². The standard InChI is InChI=1S/C19H22N4O3/c1-13-5-7-14(8-6-13)11-22-19(26)23-16(3-2-4-17(23)20-22)18(25)21-10-9-15(24)12-21/h5-8,16H,2-4,9-12H2,1H3/t16-/m1/s1. The molecule has 1 aromatic carbocycles. The molecule has 2 aromatic rings. The van der Waals surface area contributed by atoms with Crippen LogP contribution in [0.25, 0.3) is 0 Å². The number of nitrogens with zero attached hydrogens (tertiary/aromatic N) is 4. The summed E-state index contributed by atoms with van der Waals surface area (Å²) in [7, 11) is 0. The normalized spacial score (nSPS) is 19.7. The van der Waals surface area contributed by atoms with E-state index in [1.165, 1.54) is 4.68 Å². The third-order valence-electron chi connectivity index (χ3n) is 5.21. The lowest BCUT2D eigenvalue weighted by Gasteiger charge is -2.26. The largest absolute Gasteiger partial charge is 0.346 e. The predicted molar refractivity (Wildman–Crippen MR) is 94.9 cm³/mol. The number of likely N-dealkylation sites (tertiary alicyclic amines) is 1. The molecule has 4 rings (SSSR count). The van der Waals surface area contributed by atoms with Gasteiger partial charge >= 0.3 is 5.69 Å². The average Bonchev–Trinajstić information content (AvgIpc) is 3.20. The fraction of sp³-hybridized carbons (Fsp3) is 0.474. The summed E-state index contributed by atoms with van der Waals surface area (Å²) in [5.74, 6) is 0.614. The molecule has 2 aliphatic heterocycles. The van der Waals surface area contributed by atoms with Crippen molar-refractivity contribution in [3.63, 3.8) is 0 Å². The number of ketones is 1. The maximum atomic E-state index is 12.9. The second kappa shape index (κ2) is 6.55. The van der Waals surface area contributed by atoms with Crippen molar-refractivity contribution < 1.29 is 9.59 Å². The molecule has 0 spiro atoms. The highest BCUT2D eigenvalue weighted by Gasteiger charge is 2.35. The van der Waals surface area contributed by atoms with Crippen molar-refractivity contribution in [1.29, 1.82) is 0 Å². The van der Waals surface area contributed by atoms with Gasteiger partial charge in [-0.2, -0.15) is 5.10 Å². The second-order valence-electron chi connectivity index (χ2n) is 7.17. The molecule has 0 radical (unpaired) electrons. The summed E-state index contributed by atoms with van der Waals surface area (Å²) in [6, 6.07) is 7.45. The van der Waals surface area contributed by atoms with Crippen LogP contribution in [0.1, 0.15) is 42.3 Å². The van der Waals surface area contributed by atoms with Gasteiger partial charge in [-0.1, -0.05) is 29.8 Å². The number of carbonyl (C=O) groups excluding carboxylic acids is 2. The number of benzene rings is 1. The van der Waals surface area contributed by atoms with E-state index in [-0.39, 0.29) is 23.9 Å². The van der Waals surface area contributed by atoms with Crippen molar-refractivity contribution in [3.8, 4) is 0 Å². The molecular weight excluding hydrogens is 332 g/mol. The molecule has 1 saturated heterocycles. The van der Waals surface area contributed by atoms with Crippen molar-refractivity contribution in [2.24, 2.45) is 0 Å². The molecule has 3 heterocycles. The van der Waals surface area contributed by atoms with Crippen molar-refractivity contribution in [2.75, 3.05) is 13.1 Å². The Labute approximate surface area is 151 Å². The number of hydrogen-bond acceptors (Lipinski definition) is 4. The van der Waals surface area contributed by atoms with Crippen LogP contribution >= 0.6 is 0 Å². The van der Waals surface area contributed by atoms with Crippen LogP contribution in [-0.2, 0) is 22.6 Å². The minimum absolute atomic E-state index is 0.0804. The zero-order chi connectivity index (χ0) is 18.3. The van der Waals surface area contributed by atoms with E-state index in [4.69, 9.17) is 0 Å². The lowest BCUT2D eigenvalue weighted by atomic mass is 10.0. The molecule has 1 amide bonds. The highest BCUT2D eigenvalue weighted by atomic mass is 16.2. The number of aryl methyl sites for hydroxylation is 2. The van der Waals surface area contributed by atoms with Gasteiger partial charge in [0.15, 0.2) is 5.78 Å². The number of amides is 1. The fourth-order valence-electron chi connectivity index (χ4n) is 3.76. The topological polar surface area (TPSA) is 77.2 Å². The molecule has 2 aliphatic rings. The molecule has 1 atom stereocenters. The van der Waals surface area contributed by atoms with Gasteiger partial charge in [-0.05, 0) is 25.3 Å². The van der Waals surface area contributed by atoms with Crippen LogP contribution < -0.4 is 5.69 Å². The van der Waals surface area contributed by atoms with Crippen LogP contribution in [0.3, 0.4) is 0 Å². The van der Waals surface area contributed by atoms with Gasteiger partial charge in [0, 0.05) is 19.4 Å². The third-order valence-corrected chi connectivity index (χ3v) is 5.21. The molecule has 1 aromatic heterocycles. The smallest absolute Gasteiger partial charge is 0.333 e. The first-order valence-electron chi connectivity index (χ1n) is 9.07. The van der Waals surface area contributed by atoms with E-state index in [0.717, 1.165) is 17.5 Å². The van der Waals surface area contributed by atoms with Gasteiger partial charge in [0.1, 0.15) is 11.9 Å². The zero-order valence-corrected chi connectivity index (χ0v) is 14.9. The summed E-state index contributed by atoms with van der Waals surface area (Å²) in [6.07, 6.45) is 2.54. The summed E-state index contributed by atoms with van der Waals surface area (Å²) in [5, 5.41) is 4.47. The van der Waals surface area contributed by atoms with Crippen LogP contribution in [-0.4, -0.2) is 44.0 Å². The number of rotatable bonds is 3. The van der Waals surface area contributed by atoms with Crippen LogP contribution in [0.2, 0.25) is 0 Å². The van der Waals surface area contributed by atoms with E-state index >= 15 is 0 Å². The zero-order valence-electron chi connectivity index (χ0n) is 14.9. The van der Waals surface area contributed by atoms with E-state index in [2.05, 4.69) is 5.10 Å². The first-order valence-corrected chi connectivity index (χ1v) is 9.07. The molecule has 0 unspecified atom stereocenters. The molecular formula is C19H22N4O3. The van der Waals surface area contributed by atoms with E-state index in [1.54, 1.807) is 9.47 Å². The van der Waals surface area contributed by atoms with Gasteiger partial charge in [-0.15, -0.1) is 0 Å². The van der Waals surface area contributed by atoms with E-state index < -0.39 is 6.04 Å². The Morgan fingerprint density at radius 1 is 1.19 bits per heavy atom. The van der Waals surface area contributed by atoms with Gasteiger partial charge in [0.05, 0.1) is 13.1 Å². The predicted octanol–water partition coefficient (Wildman–Crippen LogP) is 1.08. The van der Waals surface area contributed by atoms with Crippen molar-refractivity contribution in [3.05, 3.63) is 51.7 Å². The van der Waals surface area contributed by atoms with Gasteiger partial charge in [0.25, 0.3) is 0 Å². The van der Waals surface area contributed by atoms with Crippen LogP contribution in [0, 0.1) is 6.92 Å². The molecule has 0 saturated carbocycles. The van der Waals surface area contributed by atoms with Gasteiger partial charge in [-0.25, -0.2) is 9.48 Å². The summed E-state index contributed by atoms with van der Waals surface area (Å²) < 4.78 is 2.99. The number of Topliss-reactive ketones (excluding diaryl/α,β-unsaturated/α-hetero) is 1. The molecule has 0 aliphatic carbocycles. The Balaban J connectivity index is 1.62. The Hall–Kier alpha value is -2.70. The number of carbonyl (C=O) groups is 2. The average molecular weight is 354 g/mol. The molecule has 0 N–H and O–H groups in total. The van der Waals surface area contributed by atoms with E-state index in [0.29, 0.717) is 38.2 Å². The molecule has 7 heteroatoms. The Kier molecular flexibility index (Phi) is 4.22. The van der Waals surface area contributed by atoms with Crippen LogP contribution in [0.4, 0.5) is 0 Å².